The molecule has 0 aliphatic carbocycles. The van der Waals surface area contributed by atoms with E-state index in [2.05, 4.69) is 17.1 Å². The van der Waals surface area contributed by atoms with Crippen molar-refractivity contribution in [2.75, 3.05) is 19.6 Å². The van der Waals surface area contributed by atoms with E-state index in [4.69, 9.17) is 5.11 Å². The minimum atomic E-state index is -0.863. The molecule has 20 heavy (non-hydrogen) atoms. The van der Waals surface area contributed by atoms with Gasteiger partial charge in [0.05, 0.1) is 5.56 Å². The summed E-state index contributed by atoms with van der Waals surface area (Å²) in [6.45, 7) is 6.39. The van der Waals surface area contributed by atoms with Crippen molar-refractivity contribution < 1.29 is 9.90 Å². The molecule has 0 amide bonds. The summed E-state index contributed by atoms with van der Waals surface area (Å²) in [5.74, 6) is -0.863. The van der Waals surface area contributed by atoms with Crippen LogP contribution in [0.1, 0.15) is 42.1 Å². The van der Waals surface area contributed by atoms with Crippen molar-refractivity contribution in [1.82, 2.24) is 10.2 Å². The van der Waals surface area contributed by atoms with E-state index in [-0.39, 0.29) is 0 Å². The number of carbonyl (C=O) groups is 1. The van der Waals surface area contributed by atoms with Gasteiger partial charge in [-0.2, -0.15) is 0 Å². The summed E-state index contributed by atoms with van der Waals surface area (Å²) in [6.07, 6.45) is 3.63. The Bertz CT molecular complexity index is 425. The fourth-order valence-corrected chi connectivity index (χ4v) is 2.81. The molecule has 1 atom stereocenters. The largest absolute Gasteiger partial charge is 0.478 e. The first-order chi connectivity index (χ1) is 9.70. The van der Waals surface area contributed by atoms with Crippen LogP contribution in [0.4, 0.5) is 0 Å². The Balaban J connectivity index is 2.01. The van der Waals surface area contributed by atoms with Gasteiger partial charge in [-0.1, -0.05) is 19.1 Å². The van der Waals surface area contributed by atoms with Crippen LogP contribution in [0.25, 0.3) is 0 Å². The molecule has 4 heteroatoms. The lowest BCUT2D eigenvalue weighted by molar-refractivity contribution is 0.0697. The molecule has 4 nitrogen and oxygen atoms in total. The Labute approximate surface area is 120 Å². The molecule has 1 aliphatic rings. The summed E-state index contributed by atoms with van der Waals surface area (Å²) >= 11 is 0. The average molecular weight is 276 g/mol. The van der Waals surface area contributed by atoms with Gasteiger partial charge in [0.1, 0.15) is 0 Å². The lowest BCUT2D eigenvalue weighted by Gasteiger charge is -2.34. The van der Waals surface area contributed by atoms with Gasteiger partial charge >= 0.3 is 5.97 Å². The maximum atomic E-state index is 10.9. The Kier molecular flexibility index (Phi) is 5.56. The Hall–Kier alpha value is -1.39. The fraction of sp³-hybridized carbons (Fsp3) is 0.562. The van der Waals surface area contributed by atoms with E-state index in [9.17, 15) is 4.79 Å². The van der Waals surface area contributed by atoms with Crippen molar-refractivity contribution in [3.8, 4) is 0 Å². The minimum absolute atomic E-state index is 0.357. The van der Waals surface area contributed by atoms with Crippen LogP contribution in [0.2, 0.25) is 0 Å². The van der Waals surface area contributed by atoms with E-state index in [1.807, 2.05) is 12.1 Å². The van der Waals surface area contributed by atoms with Gasteiger partial charge in [0, 0.05) is 19.1 Å². The molecule has 1 unspecified atom stereocenters. The zero-order valence-corrected chi connectivity index (χ0v) is 12.1. The van der Waals surface area contributed by atoms with Crippen molar-refractivity contribution in [1.29, 1.82) is 0 Å². The molecule has 110 valence electrons. The van der Waals surface area contributed by atoms with E-state index in [1.165, 1.54) is 18.4 Å². The van der Waals surface area contributed by atoms with Gasteiger partial charge in [-0.25, -0.2) is 4.79 Å². The van der Waals surface area contributed by atoms with Crippen LogP contribution in [0.15, 0.2) is 24.3 Å². The third-order valence-corrected chi connectivity index (χ3v) is 3.88. The number of rotatable bonds is 6. The SMILES string of the molecule is CCCN(Cc1ccc(C(=O)O)cc1)C1CCCNC1. The molecule has 1 aromatic rings. The van der Waals surface area contributed by atoms with Crippen LogP contribution >= 0.6 is 0 Å². The zero-order chi connectivity index (χ0) is 14.4. The molecule has 0 radical (unpaired) electrons. The number of nitrogens with one attached hydrogen (secondary N) is 1. The van der Waals surface area contributed by atoms with Crippen molar-refractivity contribution in [3.05, 3.63) is 35.4 Å². The minimum Gasteiger partial charge on any atom is -0.478 e. The van der Waals surface area contributed by atoms with Crippen LogP contribution in [0.5, 0.6) is 0 Å². The number of carboxylic acid groups (broad SMARTS) is 1. The second-order valence-electron chi connectivity index (χ2n) is 5.47. The first-order valence-electron chi connectivity index (χ1n) is 7.47. The molecule has 1 fully saturated rings. The summed E-state index contributed by atoms with van der Waals surface area (Å²) in [5, 5.41) is 12.4. The number of benzene rings is 1. The number of aromatic carboxylic acids is 1. The summed E-state index contributed by atoms with van der Waals surface area (Å²) in [4.78, 5) is 13.4. The molecule has 1 aliphatic heterocycles. The predicted octanol–water partition coefficient (Wildman–Crippen LogP) is 2.35. The van der Waals surface area contributed by atoms with E-state index in [0.29, 0.717) is 11.6 Å². The molecule has 1 aromatic carbocycles. The highest BCUT2D eigenvalue weighted by Crippen LogP contribution is 2.15. The average Bonchev–Trinajstić information content (AvgIpc) is 2.48. The highest BCUT2D eigenvalue weighted by Gasteiger charge is 2.20. The van der Waals surface area contributed by atoms with Crippen molar-refractivity contribution in [2.45, 2.75) is 38.8 Å². The molecule has 0 spiro atoms. The molecule has 2 N–H and O–H groups in total. The highest BCUT2D eigenvalue weighted by atomic mass is 16.4. The van der Waals surface area contributed by atoms with Gasteiger partial charge in [-0.05, 0) is 50.0 Å². The molecule has 0 saturated carbocycles. The van der Waals surface area contributed by atoms with Gasteiger partial charge < -0.3 is 10.4 Å². The topological polar surface area (TPSA) is 52.6 Å². The number of piperidine rings is 1. The third-order valence-electron chi connectivity index (χ3n) is 3.88. The van der Waals surface area contributed by atoms with Gasteiger partial charge in [0.15, 0.2) is 0 Å². The molecule has 1 heterocycles. The molecule has 0 bridgehead atoms. The Morgan fingerprint density at radius 1 is 1.40 bits per heavy atom. The quantitative estimate of drug-likeness (QED) is 0.837. The van der Waals surface area contributed by atoms with Crippen LogP contribution in [0.3, 0.4) is 0 Å². The summed E-state index contributed by atoms with van der Waals surface area (Å²) in [7, 11) is 0. The third kappa shape index (κ3) is 4.05. The van der Waals surface area contributed by atoms with Crippen LogP contribution < -0.4 is 5.32 Å². The Morgan fingerprint density at radius 2 is 2.15 bits per heavy atom. The smallest absolute Gasteiger partial charge is 0.335 e. The number of hydrogen-bond donors (Lipinski definition) is 2. The Morgan fingerprint density at radius 3 is 2.70 bits per heavy atom. The first-order valence-corrected chi connectivity index (χ1v) is 7.47. The molecule has 1 saturated heterocycles. The van der Waals surface area contributed by atoms with Gasteiger partial charge in [0.2, 0.25) is 0 Å². The summed E-state index contributed by atoms with van der Waals surface area (Å²) in [5.41, 5.74) is 1.55. The first kappa shape index (κ1) is 15.0. The standard InChI is InChI=1S/C16H24N2O2/c1-2-10-18(15-4-3-9-17-11-15)12-13-5-7-14(8-6-13)16(19)20/h5-8,15,17H,2-4,9-12H2,1H3,(H,19,20). The van der Waals surface area contributed by atoms with Crippen LogP contribution in [-0.4, -0.2) is 41.7 Å². The predicted molar refractivity (Wildman–Crippen MR) is 80.0 cm³/mol. The summed E-state index contributed by atoms with van der Waals surface area (Å²) < 4.78 is 0. The van der Waals surface area contributed by atoms with E-state index in [0.717, 1.165) is 32.6 Å². The second kappa shape index (κ2) is 7.41. The zero-order valence-electron chi connectivity index (χ0n) is 12.1. The van der Waals surface area contributed by atoms with E-state index >= 15 is 0 Å². The fourth-order valence-electron chi connectivity index (χ4n) is 2.81. The van der Waals surface area contributed by atoms with E-state index in [1.54, 1.807) is 12.1 Å². The molecule has 0 aromatic heterocycles. The summed E-state index contributed by atoms with van der Waals surface area (Å²) in [6, 6.07) is 7.86. The maximum Gasteiger partial charge on any atom is 0.335 e. The monoisotopic (exact) mass is 276 g/mol. The van der Waals surface area contributed by atoms with Gasteiger partial charge in [-0.3, -0.25) is 4.90 Å². The number of carboxylic acids is 1. The lowest BCUT2D eigenvalue weighted by Crippen LogP contribution is -2.45. The number of hydrogen-bond acceptors (Lipinski definition) is 3. The van der Waals surface area contributed by atoms with Crippen LogP contribution in [-0.2, 0) is 6.54 Å². The number of nitrogens with zero attached hydrogens (tertiary/aromatic N) is 1. The van der Waals surface area contributed by atoms with Crippen molar-refractivity contribution in [2.24, 2.45) is 0 Å². The highest BCUT2D eigenvalue weighted by molar-refractivity contribution is 5.87. The maximum absolute atomic E-state index is 10.9. The normalized spacial score (nSPS) is 19.2. The van der Waals surface area contributed by atoms with Gasteiger partial charge in [-0.15, -0.1) is 0 Å². The second-order valence-corrected chi connectivity index (χ2v) is 5.47. The molecule has 2 rings (SSSR count). The van der Waals surface area contributed by atoms with Crippen molar-refractivity contribution >= 4 is 5.97 Å². The van der Waals surface area contributed by atoms with Crippen molar-refractivity contribution in [3.63, 3.8) is 0 Å². The van der Waals surface area contributed by atoms with Crippen LogP contribution in [0, 0.1) is 0 Å². The molecular formula is C16H24N2O2. The van der Waals surface area contributed by atoms with E-state index < -0.39 is 5.97 Å². The molecular weight excluding hydrogens is 252 g/mol. The van der Waals surface area contributed by atoms with Gasteiger partial charge in [0.25, 0.3) is 0 Å². The lowest BCUT2D eigenvalue weighted by atomic mass is 10.0.